The molecular formula is C15H21N3O5. The van der Waals surface area contributed by atoms with Crippen molar-refractivity contribution in [3.8, 4) is 0 Å². The normalized spacial score (nSPS) is 14.8. The van der Waals surface area contributed by atoms with Crippen molar-refractivity contribution in [2.24, 2.45) is 0 Å². The molecule has 2 rings (SSSR count). The van der Waals surface area contributed by atoms with Gasteiger partial charge in [0.15, 0.2) is 0 Å². The average molecular weight is 323 g/mol. The van der Waals surface area contributed by atoms with Crippen molar-refractivity contribution in [2.45, 2.75) is 19.9 Å². The van der Waals surface area contributed by atoms with Crippen molar-refractivity contribution >= 4 is 17.8 Å². The van der Waals surface area contributed by atoms with Crippen molar-refractivity contribution < 1.29 is 24.6 Å². The highest BCUT2D eigenvalue weighted by Gasteiger charge is 2.23. The Bertz CT molecular complexity index is 527. The molecule has 8 nitrogen and oxygen atoms in total. The molecular weight excluding hydrogens is 302 g/mol. The van der Waals surface area contributed by atoms with Gasteiger partial charge >= 0.3 is 11.9 Å². The molecule has 1 aromatic heterocycles. The average Bonchev–Trinajstić information content (AvgIpc) is 2.55. The van der Waals surface area contributed by atoms with Crippen molar-refractivity contribution in [2.75, 3.05) is 26.2 Å². The molecule has 0 aromatic carbocycles. The van der Waals surface area contributed by atoms with Crippen LogP contribution in [0.15, 0.2) is 24.5 Å². The Kier molecular flexibility index (Phi) is 7.14. The SMILES string of the molecule is CC(C)N1CCN(C(=O)c2cccnc2)CC1.O=C(O)C(=O)O. The summed E-state index contributed by atoms with van der Waals surface area (Å²) in [5.41, 5.74) is 0.686. The Morgan fingerprint density at radius 1 is 1.09 bits per heavy atom. The van der Waals surface area contributed by atoms with Gasteiger partial charge in [-0.1, -0.05) is 0 Å². The number of carboxylic acid groups (broad SMARTS) is 2. The topological polar surface area (TPSA) is 111 Å². The van der Waals surface area contributed by atoms with E-state index < -0.39 is 11.9 Å². The van der Waals surface area contributed by atoms with Gasteiger partial charge in [-0.2, -0.15) is 0 Å². The minimum atomic E-state index is -1.82. The zero-order valence-electron chi connectivity index (χ0n) is 13.2. The predicted molar refractivity (Wildman–Crippen MR) is 82.1 cm³/mol. The number of carbonyl (C=O) groups is 3. The molecule has 1 fully saturated rings. The quantitative estimate of drug-likeness (QED) is 0.758. The van der Waals surface area contributed by atoms with E-state index in [0.717, 1.165) is 26.2 Å². The number of aliphatic carboxylic acids is 2. The highest BCUT2D eigenvalue weighted by molar-refractivity contribution is 6.27. The molecule has 1 aromatic rings. The van der Waals surface area contributed by atoms with Gasteiger partial charge in [0.1, 0.15) is 0 Å². The third-order valence-corrected chi connectivity index (χ3v) is 3.42. The Labute approximate surface area is 134 Å². The first-order chi connectivity index (χ1) is 10.8. The van der Waals surface area contributed by atoms with Gasteiger partial charge in [0.2, 0.25) is 0 Å². The fourth-order valence-electron chi connectivity index (χ4n) is 2.11. The van der Waals surface area contributed by atoms with Gasteiger partial charge in [-0.15, -0.1) is 0 Å². The lowest BCUT2D eigenvalue weighted by atomic mass is 10.2. The summed E-state index contributed by atoms with van der Waals surface area (Å²) in [5, 5.41) is 14.8. The molecule has 0 bridgehead atoms. The number of nitrogens with zero attached hydrogens (tertiary/aromatic N) is 3. The summed E-state index contributed by atoms with van der Waals surface area (Å²) in [4.78, 5) is 38.6. The second-order valence-corrected chi connectivity index (χ2v) is 5.27. The van der Waals surface area contributed by atoms with Crippen LogP contribution in [-0.2, 0) is 9.59 Å². The number of hydrogen-bond acceptors (Lipinski definition) is 5. The van der Waals surface area contributed by atoms with Crippen LogP contribution < -0.4 is 0 Å². The number of piperazine rings is 1. The first kappa shape index (κ1) is 18.6. The monoisotopic (exact) mass is 323 g/mol. The van der Waals surface area contributed by atoms with Crippen LogP contribution in [0.2, 0.25) is 0 Å². The Morgan fingerprint density at radius 2 is 1.65 bits per heavy atom. The Balaban J connectivity index is 0.000000379. The van der Waals surface area contributed by atoms with Crippen LogP contribution in [0.3, 0.4) is 0 Å². The van der Waals surface area contributed by atoms with E-state index in [2.05, 4.69) is 23.7 Å². The number of amides is 1. The molecule has 1 saturated heterocycles. The summed E-state index contributed by atoms with van der Waals surface area (Å²) in [5.74, 6) is -3.55. The van der Waals surface area contributed by atoms with E-state index in [1.807, 2.05) is 11.0 Å². The van der Waals surface area contributed by atoms with E-state index >= 15 is 0 Å². The summed E-state index contributed by atoms with van der Waals surface area (Å²) in [6.07, 6.45) is 3.32. The van der Waals surface area contributed by atoms with E-state index in [1.54, 1.807) is 18.5 Å². The smallest absolute Gasteiger partial charge is 0.414 e. The number of hydrogen-bond donors (Lipinski definition) is 2. The molecule has 0 spiro atoms. The van der Waals surface area contributed by atoms with Crippen LogP contribution in [0.5, 0.6) is 0 Å². The number of aromatic nitrogens is 1. The number of rotatable bonds is 2. The zero-order valence-corrected chi connectivity index (χ0v) is 13.2. The van der Waals surface area contributed by atoms with E-state index in [1.165, 1.54) is 0 Å². The van der Waals surface area contributed by atoms with Gasteiger partial charge in [0.25, 0.3) is 5.91 Å². The van der Waals surface area contributed by atoms with Crippen molar-refractivity contribution in [1.29, 1.82) is 0 Å². The maximum atomic E-state index is 12.1. The lowest BCUT2D eigenvalue weighted by Gasteiger charge is -2.36. The van der Waals surface area contributed by atoms with Gasteiger partial charge in [0, 0.05) is 44.6 Å². The molecule has 0 radical (unpaired) electrons. The molecule has 1 aliphatic heterocycles. The number of carbonyl (C=O) groups excluding carboxylic acids is 1. The summed E-state index contributed by atoms with van der Waals surface area (Å²) in [7, 11) is 0. The first-order valence-corrected chi connectivity index (χ1v) is 7.22. The van der Waals surface area contributed by atoms with E-state index in [-0.39, 0.29) is 5.91 Å². The molecule has 0 unspecified atom stereocenters. The van der Waals surface area contributed by atoms with Crippen molar-refractivity contribution in [1.82, 2.24) is 14.8 Å². The highest BCUT2D eigenvalue weighted by Crippen LogP contribution is 2.09. The van der Waals surface area contributed by atoms with Crippen LogP contribution in [0.1, 0.15) is 24.2 Å². The van der Waals surface area contributed by atoms with Gasteiger partial charge in [-0.25, -0.2) is 9.59 Å². The zero-order chi connectivity index (χ0) is 17.4. The van der Waals surface area contributed by atoms with Crippen LogP contribution in [0, 0.1) is 0 Å². The lowest BCUT2D eigenvalue weighted by Crippen LogP contribution is -2.50. The maximum absolute atomic E-state index is 12.1. The molecule has 0 atom stereocenters. The fourth-order valence-corrected chi connectivity index (χ4v) is 2.11. The summed E-state index contributed by atoms with van der Waals surface area (Å²) in [6, 6.07) is 4.19. The first-order valence-electron chi connectivity index (χ1n) is 7.22. The minimum Gasteiger partial charge on any atom is -0.473 e. The standard InChI is InChI=1S/C13H19N3O.C2H2O4/c1-11(2)15-6-8-16(9-7-15)13(17)12-4-3-5-14-10-12;3-1(4)2(5)6/h3-5,10-11H,6-9H2,1-2H3;(H,3,4)(H,5,6). The van der Waals surface area contributed by atoms with Gasteiger partial charge in [-0.3, -0.25) is 14.7 Å². The molecule has 1 aliphatic rings. The number of pyridine rings is 1. The molecule has 0 saturated carbocycles. The predicted octanol–water partition coefficient (Wildman–Crippen LogP) is 0.403. The molecule has 0 aliphatic carbocycles. The Hall–Kier alpha value is -2.48. The lowest BCUT2D eigenvalue weighted by molar-refractivity contribution is -0.159. The summed E-state index contributed by atoms with van der Waals surface area (Å²) in [6.45, 7) is 7.93. The maximum Gasteiger partial charge on any atom is 0.414 e. The Morgan fingerprint density at radius 3 is 2.04 bits per heavy atom. The third kappa shape index (κ3) is 6.03. The molecule has 2 N–H and O–H groups in total. The fraction of sp³-hybridized carbons (Fsp3) is 0.467. The summed E-state index contributed by atoms with van der Waals surface area (Å²) >= 11 is 0. The largest absolute Gasteiger partial charge is 0.473 e. The highest BCUT2D eigenvalue weighted by atomic mass is 16.4. The van der Waals surface area contributed by atoms with Crippen LogP contribution in [-0.4, -0.2) is 75.1 Å². The van der Waals surface area contributed by atoms with Crippen LogP contribution in [0.4, 0.5) is 0 Å². The van der Waals surface area contributed by atoms with E-state index in [4.69, 9.17) is 19.8 Å². The molecule has 126 valence electrons. The molecule has 23 heavy (non-hydrogen) atoms. The molecule has 2 heterocycles. The van der Waals surface area contributed by atoms with Gasteiger partial charge in [0.05, 0.1) is 5.56 Å². The summed E-state index contributed by atoms with van der Waals surface area (Å²) < 4.78 is 0. The second-order valence-electron chi connectivity index (χ2n) is 5.27. The molecule has 1 amide bonds. The van der Waals surface area contributed by atoms with Gasteiger partial charge in [-0.05, 0) is 26.0 Å². The van der Waals surface area contributed by atoms with Crippen molar-refractivity contribution in [3.63, 3.8) is 0 Å². The van der Waals surface area contributed by atoms with Gasteiger partial charge < -0.3 is 15.1 Å². The van der Waals surface area contributed by atoms with Crippen molar-refractivity contribution in [3.05, 3.63) is 30.1 Å². The second kappa shape index (κ2) is 8.84. The van der Waals surface area contributed by atoms with Crippen LogP contribution in [0.25, 0.3) is 0 Å². The minimum absolute atomic E-state index is 0.0986. The number of carboxylic acids is 2. The van der Waals surface area contributed by atoms with Crippen LogP contribution >= 0.6 is 0 Å². The van der Waals surface area contributed by atoms with E-state index in [9.17, 15) is 4.79 Å². The molecule has 8 heteroatoms. The van der Waals surface area contributed by atoms with E-state index in [0.29, 0.717) is 11.6 Å². The third-order valence-electron chi connectivity index (χ3n) is 3.42.